The van der Waals surface area contributed by atoms with E-state index in [0.29, 0.717) is 31.2 Å². The molecule has 2 saturated carbocycles. The molecule has 2 fully saturated rings. The summed E-state index contributed by atoms with van der Waals surface area (Å²) in [6, 6.07) is 4.94. The van der Waals surface area contributed by atoms with Gasteiger partial charge in [-0.1, -0.05) is 12.1 Å². The fourth-order valence-corrected chi connectivity index (χ4v) is 5.14. The predicted octanol–water partition coefficient (Wildman–Crippen LogP) is 4.80. The number of nitrogens with zero attached hydrogens (tertiary/aromatic N) is 2. The number of aromatic nitrogens is 2. The van der Waals surface area contributed by atoms with Gasteiger partial charge in [0.15, 0.2) is 0 Å². The molecule has 0 saturated heterocycles. The zero-order valence-corrected chi connectivity index (χ0v) is 14.8. The van der Waals surface area contributed by atoms with Crippen molar-refractivity contribution in [1.29, 1.82) is 0 Å². The first-order valence-electron chi connectivity index (χ1n) is 9.71. The van der Waals surface area contributed by atoms with E-state index >= 15 is 4.39 Å². The summed E-state index contributed by atoms with van der Waals surface area (Å²) in [5.41, 5.74) is 0.767. The van der Waals surface area contributed by atoms with Crippen LogP contribution in [0.2, 0.25) is 0 Å². The number of imidazole rings is 1. The van der Waals surface area contributed by atoms with Crippen LogP contribution in [0.15, 0.2) is 30.7 Å². The minimum Gasteiger partial charge on any atom is -0.390 e. The van der Waals surface area contributed by atoms with E-state index in [4.69, 9.17) is 0 Å². The van der Waals surface area contributed by atoms with Gasteiger partial charge < -0.3 is 9.67 Å². The highest BCUT2D eigenvalue weighted by molar-refractivity contribution is 5.69. The highest BCUT2D eigenvalue weighted by Crippen LogP contribution is 2.52. The molecule has 26 heavy (non-hydrogen) atoms. The van der Waals surface area contributed by atoms with Crippen molar-refractivity contribution in [1.82, 2.24) is 9.55 Å². The number of aliphatic hydroxyl groups is 1. The van der Waals surface area contributed by atoms with E-state index in [1.807, 2.05) is 10.6 Å². The highest BCUT2D eigenvalue weighted by Gasteiger charge is 2.50. The van der Waals surface area contributed by atoms with Crippen LogP contribution in [0.3, 0.4) is 0 Å². The van der Waals surface area contributed by atoms with Crippen LogP contribution >= 0.6 is 0 Å². The summed E-state index contributed by atoms with van der Waals surface area (Å²) in [5, 5.41) is 10.3. The second-order valence-electron chi connectivity index (χ2n) is 8.47. The normalized spacial score (nSPS) is 31.5. The molecule has 1 N–H and O–H groups in total. The minimum atomic E-state index is -1.20. The molecule has 0 radical (unpaired) electrons. The molecule has 0 amide bonds. The van der Waals surface area contributed by atoms with Crippen molar-refractivity contribution < 1.29 is 13.9 Å². The second-order valence-corrected chi connectivity index (χ2v) is 8.47. The van der Waals surface area contributed by atoms with E-state index in [2.05, 4.69) is 4.98 Å². The summed E-state index contributed by atoms with van der Waals surface area (Å²) in [4.78, 5) is 4.20. The summed E-state index contributed by atoms with van der Waals surface area (Å²) < 4.78 is 31.8. The fourth-order valence-electron chi connectivity index (χ4n) is 5.14. The van der Waals surface area contributed by atoms with Gasteiger partial charge >= 0.3 is 0 Å². The Hall–Kier alpha value is -1.75. The maximum absolute atomic E-state index is 15.4. The summed E-state index contributed by atoms with van der Waals surface area (Å²) in [6.45, 7) is 0. The molecular weight excluding hydrogens is 334 g/mol. The monoisotopic (exact) mass is 358 g/mol. The molecule has 1 atom stereocenters. The van der Waals surface area contributed by atoms with Gasteiger partial charge in [-0.2, -0.15) is 0 Å². The van der Waals surface area contributed by atoms with Gasteiger partial charge in [-0.05, 0) is 63.4 Å². The first-order chi connectivity index (χ1) is 12.5. The summed E-state index contributed by atoms with van der Waals surface area (Å²) in [5.74, 6) is 0.0417. The Morgan fingerprint density at radius 3 is 2.69 bits per heavy atom. The number of fused-ring (bicyclic) bond motifs is 3. The number of alkyl halides is 1. The number of benzene rings is 1. The Morgan fingerprint density at radius 1 is 1.19 bits per heavy atom. The molecule has 1 aliphatic heterocycles. The Bertz CT molecular complexity index is 834. The van der Waals surface area contributed by atoms with Crippen molar-refractivity contribution in [3.63, 3.8) is 0 Å². The zero-order chi connectivity index (χ0) is 17.9. The first-order valence-corrected chi connectivity index (χ1v) is 9.71. The lowest BCUT2D eigenvalue weighted by Crippen LogP contribution is -2.35. The van der Waals surface area contributed by atoms with Gasteiger partial charge in [0.05, 0.1) is 29.9 Å². The number of hydrogen-bond donors (Lipinski definition) is 1. The number of hydrogen-bond acceptors (Lipinski definition) is 2. The minimum absolute atomic E-state index is 0.179. The second kappa shape index (κ2) is 5.62. The van der Waals surface area contributed by atoms with Crippen molar-refractivity contribution in [2.75, 3.05) is 0 Å². The van der Waals surface area contributed by atoms with E-state index in [-0.39, 0.29) is 17.8 Å². The van der Waals surface area contributed by atoms with Gasteiger partial charge in [-0.15, -0.1) is 0 Å². The average Bonchev–Trinajstić information content (AvgIpc) is 3.07. The van der Waals surface area contributed by atoms with Crippen LogP contribution in [0.25, 0.3) is 11.3 Å². The molecule has 1 unspecified atom stereocenters. The lowest BCUT2D eigenvalue weighted by atomic mass is 9.74. The van der Waals surface area contributed by atoms with Gasteiger partial charge in [0.2, 0.25) is 0 Å². The molecule has 5 rings (SSSR count). The van der Waals surface area contributed by atoms with E-state index in [9.17, 15) is 9.50 Å². The van der Waals surface area contributed by atoms with Gasteiger partial charge in [-0.3, -0.25) is 0 Å². The molecule has 1 aromatic carbocycles. The third kappa shape index (κ3) is 2.51. The van der Waals surface area contributed by atoms with Crippen LogP contribution in [-0.4, -0.2) is 25.9 Å². The quantitative estimate of drug-likeness (QED) is 0.853. The van der Waals surface area contributed by atoms with Crippen LogP contribution in [-0.2, 0) is 0 Å². The Labute approximate surface area is 152 Å². The van der Waals surface area contributed by atoms with E-state index < -0.39 is 11.3 Å². The molecule has 1 aromatic heterocycles. The zero-order valence-electron chi connectivity index (χ0n) is 14.8. The lowest BCUT2D eigenvalue weighted by molar-refractivity contribution is 0.00628. The molecule has 0 bridgehead atoms. The molecule has 3 nitrogen and oxygen atoms in total. The SMILES string of the molecule is OC1(C2CCC(F)(CCC3c4c(F)cccc4-c4cncn43)CC2)CC1. The topological polar surface area (TPSA) is 38.1 Å². The smallest absolute Gasteiger partial charge is 0.129 e. The molecule has 2 aromatic rings. The molecule has 2 aliphatic carbocycles. The third-order valence-electron chi connectivity index (χ3n) is 6.93. The van der Waals surface area contributed by atoms with Crippen molar-refractivity contribution in [3.8, 4) is 11.3 Å². The van der Waals surface area contributed by atoms with Gasteiger partial charge in [0.25, 0.3) is 0 Å². The molecular formula is C21H24F2N2O. The van der Waals surface area contributed by atoms with Gasteiger partial charge in [-0.25, -0.2) is 13.8 Å². The fraction of sp³-hybridized carbons (Fsp3) is 0.571. The average molecular weight is 358 g/mol. The van der Waals surface area contributed by atoms with Crippen LogP contribution < -0.4 is 0 Å². The Morgan fingerprint density at radius 2 is 1.96 bits per heavy atom. The Kier molecular flexibility index (Phi) is 3.55. The number of rotatable bonds is 4. The van der Waals surface area contributed by atoms with E-state index in [1.54, 1.807) is 18.6 Å². The van der Waals surface area contributed by atoms with Crippen LogP contribution in [0.5, 0.6) is 0 Å². The van der Waals surface area contributed by atoms with Crippen molar-refractivity contribution >= 4 is 0 Å². The standard InChI is InChI=1S/C21H24F2N2O/c22-16-3-1-2-15-18-12-24-13-25(18)17(19(15)16)6-9-20(23)7-4-14(5-8-20)21(26)10-11-21/h1-3,12-14,17,26H,4-11H2. The van der Waals surface area contributed by atoms with Crippen LogP contribution in [0, 0.1) is 11.7 Å². The van der Waals surface area contributed by atoms with Crippen LogP contribution in [0.4, 0.5) is 8.78 Å². The first kappa shape index (κ1) is 16.4. The maximum atomic E-state index is 15.4. The van der Waals surface area contributed by atoms with Crippen molar-refractivity contribution in [2.24, 2.45) is 5.92 Å². The predicted molar refractivity (Wildman–Crippen MR) is 95.0 cm³/mol. The Balaban J connectivity index is 1.32. The number of halogens is 2. The largest absolute Gasteiger partial charge is 0.390 e. The molecule has 138 valence electrons. The molecule has 5 heteroatoms. The summed E-state index contributed by atoms with van der Waals surface area (Å²) >= 11 is 0. The van der Waals surface area contributed by atoms with E-state index in [0.717, 1.165) is 36.9 Å². The van der Waals surface area contributed by atoms with Gasteiger partial charge in [0, 0.05) is 11.1 Å². The summed E-state index contributed by atoms with van der Waals surface area (Å²) in [6.07, 6.45) is 8.77. The van der Waals surface area contributed by atoms with Crippen molar-refractivity contribution in [2.45, 2.75) is 68.7 Å². The summed E-state index contributed by atoms with van der Waals surface area (Å²) in [7, 11) is 0. The third-order valence-corrected chi connectivity index (χ3v) is 6.93. The van der Waals surface area contributed by atoms with Crippen molar-refractivity contribution in [3.05, 3.63) is 42.1 Å². The van der Waals surface area contributed by atoms with E-state index in [1.165, 1.54) is 6.07 Å². The maximum Gasteiger partial charge on any atom is 0.129 e. The molecule has 2 heterocycles. The van der Waals surface area contributed by atoms with Gasteiger partial charge in [0.1, 0.15) is 11.5 Å². The van der Waals surface area contributed by atoms with Crippen LogP contribution in [0.1, 0.15) is 63.0 Å². The molecule has 0 spiro atoms. The molecule has 3 aliphatic rings. The lowest BCUT2D eigenvalue weighted by Gasteiger charge is -2.36. The highest BCUT2D eigenvalue weighted by atomic mass is 19.1.